The number of urea groups is 1. The number of hydrogen-bond acceptors (Lipinski definition) is 4. The van der Waals surface area contributed by atoms with Crippen LogP contribution in [0.15, 0.2) is 60.9 Å². The lowest BCUT2D eigenvalue weighted by Gasteiger charge is -2.10. The summed E-state index contributed by atoms with van der Waals surface area (Å²) in [5.74, 6) is 0. The molecular formula is C17H17N5O2. The second kappa shape index (κ2) is 7.38. The van der Waals surface area contributed by atoms with Crippen LogP contribution in [0.2, 0.25) is 0 Å². The number of carbonyl (C=O) groups is 1. The Balaban J connectivity index is 1.57. The molecule has 3 N–H and O–H groups in total. The van der Waals surface area contributed by atoms with Crippen molar-refractivity contribution in [2.45, 2.75) is 13.2 Å². The third-order valence-corrected chi connectivity index (χ3v) is 3.54. The molecular weight excluding hydrogens is 306 g/mol. The van der Waals surface area contributed by atoms with Crippen LogP contribution in [-0.2, 0) is 13.2 Å². The molecule has 122 valence electrons. The average molecular weight is 323 g/mol. The van der Waals surface area contributed by atoms with Gasteiger partial charge in [-0.25, -0.2) is 9.48 Å². The van der Waals surface area contributed by atoms with Crippen LogP contribution in [0.25, 0.3) is 5.69 Å². The number of aromatic nitrogens is 3. The molecule has 0 spiro atoms. The van der Waals surface area contributed by atoms with Gasteiger partial charge >= 0.3 is 6.03 Å². The molecule has 0 saturated heterocycles. The number of hydrogen-bond donors (Lipinski definition) is 3. The van der Waals surface area contributed by atoms with Gasteiger partial charge in [-0.1, -0.05) is 29.5 Å². The molecule has 3 aromatic rings. The van der Waals surface area contributed by atoms with Crippen LogP contribution in [-0.4, -0.2) is 26.1 Å². The molecule has 2 aromatic carbocycles. The summed E-state index contributed by atoms with van der Waals surface area (Å²) >= 11 is 0. The number of nitrogens with zero attached hydrogens (tertiary/aromatic N) is 3. The van der Waals surface area contributed by atoms with E-state index in [2.05, 4.69) is 20.9 Å². The lowest BCUT2D eigenvalue weighted by molar-refractivity contribution is 0.251. The second-order valence-corrected chi connectivity index (χ2v) is 5.13. The maximum Gasteiger partial charge on any atom is 0.319 e. The highest BCUT2D eigenvalue weighted by atomic mass is 16.3. The third-order valence-electron chi connectivity index (χ3n) is 3.54. The molecule has 7 heteroatoms. The molecule has 7 nitrogen and oxygen atoms in total. The number of aliphatic hydroxyl groups excluding tert-OH is 1. The molecule has 0 aliphatic carbocycles. The summed E-state index contributed by atoms with van der Waals surface area (Å²) in [6, 6.07) is 14.4. The zero-order chi connectivity index (χ0) is 16.8. The molecule has 0 aliphatic heterocycles. The fourth-order valence-electron chi connectivity index (χ4n) is 2.28. The number of aliphatic hydroxyl groups is 1. The molecule has 24 heavy (non-hydrogen) atoms. The van der Waals surface area contributed by atoms with Crippen molar-refractivity contribution in [2.24, 2.45) is 0 Å². The Kier molecular flexibility index (Phi) is 4.83. The first-order valence-corrected chi connectivity index (χ1v) is 7.45. The molecule has 0 bridgehead atoms. The van der Waals surface area contributed by atoms with E-state index < -0.39 is 0 Å². The molecule has 0 atom stereocenters. The van der Waals surface area contributed by atoms with Crippen molar-refractivity contribution in [3.63, 3.8) is 0 Å². The second-order valence-electron chi connectivity index (χ2n) is 5.13. The summed E-state index contributed by atoms with van der Waals surface area (Å²) in [6.07, 6.45) is 3.34. The van der Waals surface area contributed by atoms with Gasteiger partial charge in [-0.05, 0) is 35.4 Å². The van der Waals surface area contributed by atoms with Crippen LogP contribution in [0.4, 0.5) is 10.5 Å². The van der Waals surface area contributed by atoms with Gasteiger partial charge in [0.05, 0.1) is 24.7 Å². The maximum absolute atomic E-state index is 12.0. The first kappa shape index (κ1) is 15.7. The Hall–Kier alpha value is -3.19. The van der Waals surface area contributed by atoms with E-state index in [0.717, 1.165) is 16.8 Å². The Morgan fingerprint density at radius 3 is 2.50 bits per heavy atom. The number of rotatable bonds is 5. The monoisotopic (exact) mass is 323 g/mol. The van der Waals surface area contributed by atoms with Gasteiger partial charge in [-0.15, -0.1) is 5.10 Å². The minimum absolute atomic E-state index is 0.0524. The topological polar surface area (TPSA) is 92.1 Å². The number of nitrogens with one attached hydrogen (secondary N) is 2. The predicted molar refractivity (Wildman–Crippen MR) is 89.6 cm³/mol. The van der Waals surface area contributed by atoms with Crippen LogP contribution in [0.1, 0.15) is 11.1 Å². The summed E-state index contributed by atoms with van der Waals surface area (Å²) in [5, 5.41) is 22.5. The van der Waals surface area contributed by atoms with Crippen molar-refractivity contribution in [1.29, 1.82) is 0 Å². The third kappa shape index (κ3) is 3.76. The van der Waals surface area contributed by atoms with Gasteiger partial charge in [0.2, 0.25) is 0 Å². The molecule has 0 aliphatic rings. The largest absolute Gasteiger partial charge is 0.392 e. The van der Waals surface area contributed by atoms with Gasteiger partial charge in [0.15, 0.2) is 0 Å². The Bertz CT molecular complexity index is 800. The van der Waals surface area contributed by atoms with E-state index >= 15 is 0 Å². The van der Waals surface area contributed by atoms with Crippen LogP contribution in [0.5, 0.6) is 0 Å². The predicted octanol–water partition coefficient (Wildman–Crippen LogP) is 2.08. The smallest absolute Gasteiger partial charge is 0.319 e. The fraction of sp³-hybridized carbons (Fsp3) is 0.118. The highest BCUT2D eigenvalue weighted by molar-refractivity contribution is 5.89. The Morgan fingerprint density at radius 2 is 1.83 bits per heavy atom. The van der Waals surface area contributed by atoms with E-state index in [-0.39, 0.29) is 12.6 Å². The van der Waals surface area contributed by atoms with Crippen LogP contribution >= 0.6 is 0 Å². The lowest BCUT2D eigenvalue weighted by Crippen LogP contribution is -2.28. The quantitative estimate of drug-likeness (QED) is 0.670. The van der Waals surface area contributed by atoms with Crippen LogP contribution < -0.4 is 10.6 Å². The molecule has 0 saturated carbocycles. The van der Waals surface area contributed by atoms with Gasteiger partial charge < -0.3 is 15.7 Å². The first-order chi connectivity index (χ1) is 11.8. The van der Waals surface area contributed by atoms with E-state index in [1.165, 1.54) is 0 Å². The molecule has 0 radical (unpaired) electrons. The maximum atomic E-state index is 12.0. The van der Waals surface area contributed by atoms with E-state index in [4.69, 9.17) is 0 Å². The van der Waals surface area contributed by atoms with Gasteiger partial charge in [-0.3, -0.25) is 0 Å². The van der Waals surface area contributed by atoms with Crippen LogP contribution in [0, 0.1) is 0 Å². The SMILES string of the molecule is O=C(NCc1ccccc1CO)Nc1ccc(-n2ccnn2)cc1. The lowest BCUT2D eigenvalue weighted by atomic mass is 10.1. The van der Waals surface area contributed by atoms with E-state index in [1.54, 1.807) is 29.2 Å². The number of amides is 2. The fourth-order valence-corrected chi connectivity index (χ4v) is 2.28. The number of anilines is 1. The van der Waals surface area contributed by atoms with Crippen molar-refractivity contribution in [1.82, 2.24) is 20.3 Å². The first-order valence-electron chi connectivity index (χ1n) is 7.45. The zero-order valence-electron chi connectivity index (χ0n) is 12.9. The molecule has 0 fully saturated rings. The highest BCUT2D eigenvalue weighted by Gasteiger charge is 2.05. The van der Waals surface area contributed by atoms with Crippen molar-refractivity contribution < 1.29 is 9.90 Å². The van der Waals surface area contributed by atoms with Crippen molar-refractivity contribution in [3.8, 4) is 5.69 Å². The summed E-state index contributed by atoms with van der Waals surface area (Å²) in [6.45, 7) is 0.294. The van der Waals surface area contributed by atoms with Gasteiger partial charge in [0.25, 0.3) is 0 Å². The van der Waals surface area contributed by atoms with E-state index in [9.17, 15) is 9.90 Å². The molecule has 1 aromatic heterocycles. The van der Waals surface area contributed by atoms with Crippen LogP contribution in [0.3, 0.4) is 0 Å². The van der Waals surface area contributed by atoms with Crippen molar-refractivity contribution >= 4 is 11.7 Å². The molecule has 3 rings (SSSR count). The molecule has 1 heterocycles. The minimum atomic E-state index is -0.309. The normalized spacial score (nSPS) is 10.4. The van der Waals surface area contributed by atoms with Crippen molar-refractivity contribution in [3.05, 3.63) is 72.1 Å². The summed E-state index contributed by atoms with van der Waals surface area (Å²) in [4.78, 5) is 12.0. The Morgan fingerprint density at radius 1 is 1.08 bits per heavy atom. The minimum Gasteiger partial charge on any atom is -0.392 e. The summed E-state index contributed by atoms with van der Waals surface area (Å²) in [5.41, 5.74) is 3.22. The molecule has 2 amide bonds. The zero-order valence-corrected chi connectivity index (χ0v) is 12.9. The highest BCUT2D eigenvalue weighted by Crippen LogP contribution is 2.12. The Labute approximate surface area is 138 Å². The van der Waals surface area contributed by atoms with Gasteiger partial charge in [-0.2, -0.15) is 0 Å². The number of carbonyl (C=O) groups excluding carboxylic acids is 1. The van der Waals surface area contributed by atoms with Gasteiger partial charge in [0, 0.05) is 12.2 Å². The number of benzene rings is 2. The standard InChI is InChI=1S/C17H17N5O2/c23-12-14-4-2-1-3-13(14)11-18-17(24)20-15-5-7-16(8-6-15)22-10-9-19-21-22/h1-10,23H,11-12H2,(H2,18,20,24). The summed E-state index contributed by atoms with van der Waals surface area (Å²) < 4.78 is 1.63. The molecule has 0 unspecified atom stereocenters. The van der Waals surface area contributed by atoms with E-state index in [0.29, 0.717) is 12.2 Å². The van der Waals surface area contributed by atoms with Crippen molar-refractivity contribution in [2.75, 3.05) is 5.32 Å². The average Bonchev–Trinajstić information content (AvgIpc) is 3.15. The van der Waals surface area contributed by atoms with Gasteiger partial charge in [0.1, 0.15) is 0 Å². The summed E-state index contributed by atoms with van der Waals surface area (Å²) in [7, 11) is 0. The van der Waals surface area contributed by atoms with E-state index in [1.807, 2.05) is 36.4 Å².